The Labute approximate surface area is 112 Å². The summed E-state index contributed by atoms with van der Waals surface area (Å²) < 4.78 is 27.3. The molecule has 0 heterocycles. The monoisotopic (exact) mass is 336 g/mol. The van der Waals surface area contributed by atoms with Gasteiger partial charge in [-0.25, -0.2) is 0 Å². The number of ketones is 1. The number of carbonyl (C=O) groups excluding carboxylic acids is 1. The lowest BCUT2D eigenvalue weighted by Crippen LogP contribution is -2.45. The van der Waals surface area contributed by atoms with E-state index in [1.165, 1.54) is 0 Å². The second kappa shape index (κ2) is 7.69. The SMILES string of the molecule is O=C(COP(=O)([O-])[O-])[C@@H](O)[C@H](O)[C@H](O)COP(=O)([O-])[O-]. The average molecular weight is 336 g/mol. The normalized spacial score (nSPS) is 17.6. The maximum absolute atomic E-state index is 11.1. The molecule has 3 atom stereocenters. The molecule has 120 valence electrons. The third-order valence-electron chi connectivity index (χ3n) is 1.82. The van der Waals surface area contributed by atoms with E-state index in [0.29, 0.717) is 0 Å². The molecule has 14 heteroatoms. The first-order valence-electron chi connectivity index (χ1n) is 4.73. The first-order chi connectivity index (χ1) is 8.83. The molecule has 0 aromatic rings. The van der Waals surface area contributed by atoms with Crippen molar-refractivity contribution in [1.82, 2.24) is 0 Å². The van der Waals surface area contributed by atoms with Crippen LogP contribution >= 0.6 is 15.6 Å². The van der Waals surface area contributed by atoms with Crippen molar-refractivity contribution < 1.29 is 57.9 Å². The molecule has 0 saturated heterocycles. The van der Waals surface area contributed by atoms with Crippen LogP contribution in [0.25, 0.3) is 0 Å². The van der Waals surface area contributed by atoms with Crippen LogP contribution in [0.1, 0.15) is 0 Å². The van der Waals surface area contributed by atoms with E-state index in [1.807, 2.05) is 0 Å². The van der Waals surface area contributed by atoms with E-state index < -0.39 is 53.0 Å². The smallest absolute Gasteiger partial charge is 0.189 e. The van der Waals surface area contributed by atoms with Gasteiger partial charge >= 0.3 is 0 Å². The summed E-state index contributed by atoms with van der Waals surface area (Å²) in [4.78, 5) is 51.4. The predicted molar refractivity (Wildman–Crippen MR) is 50.1 cm³/mol. The molecule has 0 bridgehead atoms. The summed E-state index contributed by atoms with van der Waals surface area (Å²) in [6, 6.07) is 0. The molecule has 12 nitrogen and oxygen atoms in total. The molecule has 0 saturated carbocycles. The molecule has 0 spiro atoms. The minimum absolute atomic E-state index is 1.24. The lowest BCUT2D eigenvalue weighted by molar-refractivity contribution is -0.344. The van der Waals surface area contributed by atoms with Crippen LogP contribution in [0.2, 0.25) is 0 Å². The van der Waals surface area contributed by atoms with E-state index in [2.05, 4.69) is 9.05 Å². The number of carbonyl (C=O) groups is 1. The van der Waals surface area contributed by atoms with Gasteiger partial charge in [-0.2, -0.15) is 0 Å². The minimum Gasteiger partial charge on any atom is -0.790 e. The fourth-order valence-corrected chi connectivity index (χ4v) is 1.52. The van der Waals surface area contributed by atoms with Crippen LogP contribution in [0.15, 0.2) is 0 Å². The number of phosphoric acid groups is 2. The van der Waals surface area contributed by atoms with Crippen LogP contribution in [0.4, 0.5) is 0 Å². The van der Waals surface area contributed by atoms with E-state index in [1.54, 1.807) is 0 Å². The van der Waals surface area contributed by atoms with Gasteiger partial charge in [0.15, 0.2) is 5.78 Å². The summed E-state index contributed by atoms with van der Waals surface area (Å²) in [5, 5.41) is 27.5. The molecule has 0 aliphatic carbocycles. The molecule has 3 N–H and O–H groups in total. The Kier molecular flexibility index (Phi) is 7.60. The highest BCUT2D eigenvalue weighted by Crippen LogP contribution is 2.26. The van der Waals surface area contributed by atoms with Crippen molar-refractivity contribution in [2.45, 2.75) is 18.3 Å². The van der Waals surface area contributed by atoms with Crippen molar-refractivity contribution in [2.24, 2.45) is 0 Å². The fraction of sp³-hybridized carbons (Fsp3) is 0.833. The van der Waals surface area contributed by atoms with Gasteiger partial charge in [0.25, 0.3) is 0 Å². The first-order valence-corrected chi connectivity index (χ1v) is 7.65. The maximum Gasteiger partial charge on any atom is 0.189 e. The summed E-state index contributed by atoms with van der Waals surface area (Å²) in [6.45, 7) is -2.63. The van der Waals surface area contributed by atoms with Gasteiger partial charge in [0, 0.05) is 0 Å². The Balaban J connectivity index is 4.38. The second-order valence-corrected chi connectivity index (χ2v) is 5.74. The standard InChI is InChI=1S/C6H14O12P2/c7-3(1-17-19(11,12)13)5(9)6(10)4(8)2-18-20(14,15)16/h3,5-7,9-10H,1-2H2,(H2,11,12,13)(H2,14,15,16)/p-4/t3-,5-,6-/m1/s1. The number of hydrogen-bond acceptors (Lipinski definition) is 12. The molecule has 0 aromatic carbocycles. The van der Waals surface area contributed by atoms with Crippen molar-refractivity contribution in [1.29, 1.82) is 0 Å². The largest absolute Gasteiger partial charge is 0.790 e. The van der Waals surface area contributed by atoms with E-state index in [4.69, 9.17) is 10.2 Å². The summed E-state index contributed by atoms with van der Waals surface area (Å²) in [7, 11) is -10.9. The van der Waals surface area contributed by atoms with E-state index in [-0.39, 0.29) is 0 Å². The van der Waals surface area contributed by atoms with Gasteiger partial charge in [0.2, 0.25) is 0 Å². The van der Waals surface area contributed by atoms with Crippen molar-refractivity contribution >= 4 is 21.4 Å². The molecule has 0 amide bonds. The molecule has 0 aromatic heterocycles. The number of rotatable bonds is 9. The number of aliphatic hydroxyl groups is 3. The van der Waals surface area contributed by atoms with Crippen LogP contribution in [0.5, 0.6) is 0 Å². The summed E-state index contributed by atoms with van der Waals surface area (Å²) in [6.07, 6.45) is -6.83. The van der Waals surface area contributed by atoms with Gasteiger partial charge in [0.05, 0.1) is 22.3 Å². The second-order valence-electron chi connectivity index (χ2n) is 3.43. The zero-order valence-electron chi connectivity index (χ0n) is 9.56. The fourth-order valence-electron chi connectivity index (χ4n) is 0.895. The topological polar surface area (TPSA) is 223 Å². The molecule has 20 heavy (non-hydrogen) atoms. The summed E-state index contributed by atoms with van der Waals surface area (Å²) >= 11 is 0. The lowest BCUT2D eigenvalue weighted by Gasteiger charge is -2.31. The van der Waals surface area contributed by atoms with Gasteiger partial charge in [-0.3, -0.25) is 4.79 Å². The van der Waals surface area contributed by atoms with Crippen LogP contribution < -0.4 is 19.6 Å². The minimum atomic E-state index is -5.47. The Bertz CT molecular complexity index is 410. The quantitative estimate of drug-likeness (QED) is 0.335. The number of Topliss-reactive ketones (excluding diaryl/α,β-unsaturated/α-hetero) is 1. The average Bonchev–Trinajstić information content (AvgIpc) is 2.29. The van der Waals surface area contributed by atoms with Crippen molar-refractivity contribution in [3.05, 3.63) is 0 Å². The van der Waals surface area contributed by atoms with Crippen molar-refractivity contribution in [2.75, 3.05) is 13.2 Å². The van der Waals surface area contributed by atoms with Gasteiger partial charge in [0.1, 0.15) is 24.9 Å². The van der Waals surface area contributed by atoms with Crippen LogP contribution in [-0.2, 0) is 23.0 Å². The zero-order chi connectivity index (χ0) is 16.1. The van der Waals surface area contributed by atoms with Crippen LogP contribution in [0.3, 0.4) is 0 Å². The Hall–Kier alpha value is -0.230. The van der Waals surface area contributed by atoms with Gasteiger partial charge in [-0.15, -0.1) is 0 Å². The Morgan fingerprint density at radius 2 is 1.45 bits per heavy atom. The molecule has 0 unspecified atom stereocenters. The molecular weight excluding hydrogens is 326 g/mol. The molecule has 0 aliphatic rings. The van der Waals surface area contributed by atoms with Gasteiger partial charge in [-0.05, 0) is 0 Å². The zero-order valence-corrected chi connectivity index (χ0v) is 11.3. The number of aliphatic hydroxyl groups excluding tert-OH is 3. The number of phosphoric ester groups is 2. The third kappa shape index (κ3) is 8.84. The third-order valence-corrected chi connectivity index (χ3v) is 2.73. The highest BCUT2D eigenvalue weighted by atomic mass is 31.2. The lowest BCUT2D eigenvalue weighted by atomic mass is 10.1. The number of hydrogen-bond donors (Lipinski definition) is 3. The molecular formula is C6H10O12P2-4. The van der Waals surface area contributed by atoms with Crippen molar-refractivity contribution in [3.8, 4) is 0 Å². The van der Waals surface area contributed by atoms with E-state index in [0.717, 1.165) is 0 Å². The van der Waals surface area contributed by atoms with E-state index in [9.17, 15) is 38.6 Å². The molecule has 0 fully saturated rings. The van der Waals surface area contributed by atoms with Gasteiger partial charge < -0.3 is 53.1 Å². The van der Waals surface area contributed by atoms with Crippen LogP contribution in [-0.4, -0.2) is 52.6 Å². The first kappa shape index (κ1) is 19.8. The Morgan fingerprint density at radius 1 is 1.00 bits per heavy atom. The maximum atomic E-state index is 11.1. The molecule has 0 rings (SSSR count). The molecule has 0 radical (unpaired) electrons. The Morgan fingerprint density at radius 3 is 1.85 bits per heavy atom. The highest BCUT2D eigenvalue weighted by molar-refractivity contribution is 7.43. The van der Waals surface area contributed by atoms with Gasteiger partial charge in [-0.1, -0.05) is 0 Å². The highest BCUT2D eigenvalue weighted by Gasteiger charge is 2.30. The van der Waals surface area contributed by atoms with Crippen LogP contribution in [0, 0.1) is 0 Å². The summed E-state index contributed by atoms with van der Waals surface area (Å²) in [5.41, 5.74) is 0. The molecule has 0 aliphatic heterocycles. The van der Waals surface area contributed by atoms with E-state index >= 15 is 0 Å². The summed E-state index contributed by atoms with van der Waals surface area (Å²) in [5.74, 6) is -1.48. The van der Waals surface area contributed by atoms with Crippen molar-refractivity contribution in [3.63, 3.8) is 0 Å². The predicted octanol–water partition coefficient (Wildman–Crippen LogP) is -5.67.